The summed E-state index contributed by atoms with van der Waals surface area (Å²) < 4.78 is 2.31. The molecule has 106 valence electrons. The first-order valence-electron chi connectivity index (χ1n) is 7.20. The number of nitrogens with one attached hydrogen (secondary N) is 1. The minimum Gasteiger partial charge on any atom is -0.347 e. The van der Waals surface area contributed by atoms with Gasteiger partial charge in [0.25, 0.3) is 0 Å². The van der Waals surface area contributed by atoms with Crippen LogP contribution in [-0.4, -0.2) is 11.6 Å². The largest absolute Gasteiger partial charge is 0.347 e. The zero-order valence-electron chi connectivity index (χ0n) is 12.6. The lowest BCUT2D eigenvalue weighted by molar-refractivity contribution is 0.418. The molecule has 0 bridgehead atoms. The molecule has 20 heavy (non-hydrogen) atoms. The average molecular weight is 269 g/mol. The van der Waals surface area contributed by atoms with Gasteiger partial charge in [-0.2, -0.15) is 5.26 Å². The molecule has 3 nitrogen and oxygen atoms in total. The second kappa shape index (κ2) is 6.11. The van der Waals surface area contributed by atoms with Crippen LogP contribution in [0, 0.1) is 16.7 Å². The van der Waals surface area contributed by atoms with Crippen molar-refractivity contribution < 1.29 is 0 Å². The molecule has 0 aliphatic carbocycles. The molecule has 2 rings (SSSR count). The highest BCUT2D eigenvalue weighted by atomic mass is 15.0. The topological polar surface area (TPSA) is 40.8 Å². The van der Waals surface area contributed by atoms with Crippen molar-refractivity contribution in [3.05, 3.63) is 36.0 Å². The van der Waals surface area contributed by atoms with Crippen LogP contribution in [0.25, 0.3) is 10.9 Å². The van der Waals surface area contributed by atoms with E-state index in [1.54, 1.807) is 0 Å². The van der Waals surface area contributed by atoms with Gasteiger partial charge in [-0.3, -0.25) is 0 Å². The lowest BCUT2D eigenvalue weighted by Gasteiger charge is -2.15. The smallest absolute Gasteiger partial charge is 0.0683 e. The van der Waals surface area contributed by atoms with E-state index < -0.39 is 0 Å². The van der Waals surface area contributed by atoms with Crippen molar-refractivity contribution in [2.24, 2.45) is 5.41 Å². The Morgan fingerprint density at radius 3 is 2.75 bits per heavy atom. The van der Waals surface area contributed by atoms with Gasteiger partial charge in [0.2, 0.25) is 0 Å². The van der Waals surface area contributed by atoms with Gasteiger partial charge in [-0.15, -0.1) is 0 Å². The number of hydrogen-bond donors (Lipinski definition) is 1. The van der Waals surface area contributed by atoms with Gasteiger partial charge in [0.15, 0.2) is 0 Å². The molecule has 0 atom stereocenters. The highest BCUT2D eigenvalue weighted by Gasteiger charge is 2.16. The molecule has 1 aromatic heterocycles. The van der Waals surface area contributed by atoms with Crippen LogP contribution < -0.4 is 5.32 Å². The van der Waals surface area contributed by atoms with Crippen molar-refractivity contribution in [2.45, 2.75) is 39.8 Å². The minimum absolute atomic E-state index is 0.225. The molecule has 0 fully saturated rings. The second-order valence-corrected chi connectivity index (χ2v) is 5.99. The van der Waals surface area contributed by atoms with Crippen molar-refractivity contribution in [2.75, 3.05) is 7.05 Å². The zero-order chi connectivity index (χ0) is 14.6. The molecule has 0 spiro atoms. The highest BCUT2D eigenvalue weighted by Crippen LogP contribution is 2.24. The Bertz CT molecular complexity index is 617. The van der Waals surface area contributed by atoms with Crippen molar-refractivity contribution in [3.8, 4) is 6.07 Å². The predicted octanol–water partition coefficient (Wildman–Crippen LogP) is 3.69. The molecule has 1 aromatic carbocycles. The van der Waals surface area contributed by atoms with Crippen LogP contribution in [0.5, 0.6) is 0 Å². The molecule has 2 aromatic rings. The summed E-state index contributed by atoms with van der Waals surface area (Å²) in [4.78, 5) is 0. The molecule has 0 saturated carbocycles. The maximum atomic E-state index is 9.07. The monoisotopic (exact) mass is 269 g/mol. The van der Waals surface area contributed by atoms with Crippen LogP contribution in [-0.2, 0) is 13.1 Å². The van der Waals surface area contributed by atoms with Gasteiger partial charge in [0, 0.05) is 30.2 Å². The van der Waals surface area contributed by atoms with Gasteiger partial charge < -0.3 is 9.88 Å². The number of nitriles is 1. The lowest BCUT2D eigenvalue weighted by atomic mass is 9.90. The maximum absolute atomic E-state index is 9.07. The van der Waals surface area contributed by atoms with Crippen LogP contribution in [0.1, 0.15) is 32.3 Å². The summed E-state index contributed by atoms with van der Waals surface area (Å²) in [7, 11) is 1.97. The molecule has 1 N–H and O–H groups in total. The Labute approximate surface area is 121 Å². The number of nitrogens with zero attached hydrogens (tertiary/aromatic N) is 2. The Morgan fingerprint density at radius 1 is 1.30 bits per heavy atom. The number of fused-ring (bicyclic) bond motifs is 1. The second-order valence-electron chi connectivity index (χ2n) is 5.99. The molecule has 0 unspecified atom stereocenters. The summed E-state index contributed by atoms with van der Waals surface area (Å²) in [6.45, 7) is 5.87. The highest BCUT2D eigenvalue weighted by molar-refractivity contribution is 5.83. The van der Waals surface area contributed by atoms with Crippen molar-refractivity contribution in [1.29, 1.82) is 5.26 Å². The fourth-order valence-corrected chi connectivity index (χ4v) is 2.59. The summed E-state index contributed by atoms with van der Waals surface area (Å²) in [5, 5.41) is 13.6. The van der Waals surface area contributed by atoms with Crippen LogP contribution in [0.3, 0.4) is 0 Å². The number of benzene rings is 1. The third kappa shape index (κ3) is 3.20. The fourth-order valence-electron chi connectivity index (χ4n) is 2.59. The summed E-state index contributed by atoms with van der Waals surface area (Å²) >= 11 is 0. The van der Waals surface area contributed by atoms with Gasteiger partial charge in [-0.1, -0.05) is 18.2 Å². The van der Waals surface area contributed by atoms with Crippen LogP contribution in [0.15, 0.2) is 30.5 Å². The number of hydrogen-bond acceptors (Lipinski definition) is 2. The van der Waals surface area contributed by atoms with E-state index in [1.807, 2.05) is 20.9 Å². The molecule has 3 heteroatoms. The van der Waals surface area contributed by atoms with Gasteiger partial charge >= 0.3 is 0 Å². The van der Waals surface area contributed by atoms with E-state index in [2.05, 4.69) is 46.4 Å². The summed E-state index contributed by atoms with van der Waals surface area (Å²) in [5.41, 5.74) is 2.40. The maximum Gasteiger partial charge on any atom is 0.0683 e. The zero-order valence-corrected chi connectivity index (χ0v) is 12.6. The number of aromatic nitrogens is 1. The van der Waals surface area contributed by atoms with Crippen LogP contribution >= 0.6 is 0 Å². The van der Waals surface area contributed by atoms with E-state index in [-0.39, 0.29) is 5.41 Å². The third-order valence-electron chi connectivity index (χ3n) is 3.74. The normalized spacial score (nSPS) is 11.7. The van der Waals surface area contributed by atoms with E-state index in [4.69, 9.17) is 5.26 Å². The van der Waals surface area contributed by atoms with E-state index in [0.29, 0.717) is 0 Å². The van der Waals surface area contributed by atoms with Crippen molar-refractivity contribution in [1.82, 2.24) is 9.88 Å². The molecule has 0 saturated heterocycles. The fraction of sp³-hybridized carbons (Fsp3) is 0.471. The molecule has 0 aliphatic rings. The molecule has 0 aliphatic heterocycles. The lowest BCUT2D eigenvalue weighted by Crippen LogP contribution is -2.09. The Hall–Kier alpha value is -1.79. The summed E-state index contributed by atoms with van der Waals surface area (Å²) in [5.74, 6) is 0. The van der Waals surface area contributed by atoms with Crippen LogP contribution in [0.2, 0.25) is 0 Å². The van der Waals surface area contributed by atoms with Gasteiger partial charge in [0.1, 0.15) is 0 Å². The number of rotatable bonds is 6. The first-order chi connectivity index (χ1) is 9.57. The van der Waals surface area contributed by atoms with E-state index in [1.165, 1.54) is 16.5 Å². The predicted molar refractivity (Wildman–Crippen MR) is 83.3 cm³/mol. The average Bonchev–Trinajstić information content (AvgIpc) is 2.78. The molecular formula is C17H23N3. The van der Waals surface area contributed by atoms with E-state index >= 15 is 0 Å². The number of para-hydroxylation sites is 1. The van der Waals surface area contributed by atoms with E-state index in [9.17, 15) is 0 Å². The van der Waals surface area contributed by atoms with Gasteiger partial charge in [-0.25, -0.2) is 0 Å². The van der Waals surface area contributed by atoms with Crippen molar-refractivity contribution >= 4 is 10.9 Å². The third-order valence-corrected chi connectivity index (χ3v) is 3.74. The first-order valence-corrected chi connectivity index (χ1v) is 7.20. The first kappa shape index (κ1) is 14.6. The summed E-state index contributed by atoms with van der Waals surface area (Å²) in [6.07, 6.45) is 4.19. The molecule has 1 heterocycles. The minimum atomic E-state index is -0.225. The molecular weight excluding hydrogens is 246 g/mol. The van der Waals surface area contributed by atoms with E-state index in [0.717, 1.165) is 25.9 Å². The molecule has 0 amide bonds. The Balaban J connectivity index is 2.16. The summed E-state index contributed by atoms with van der Waals surface area (Å²) in [6, 6.07) is 10.9. The Morgan fingerprint density at radius 2 is 2.05 bits per heavy atom. The van der Waals surface area contributed by atoms with Gasteiger partial charge in [-0.05, 0) is 45.4 Å². The SMILES string of the molecule is CNCc1cn(CCCC(C)(C)C#N)c2ccccc12. The Kier molecular flexibility index (Phi) is 4.46. The van der Waals surface area contributed by atoms with Crippen LogP contribution in [0.4, 0.5) is 0 Å². The van der Waals surface area contributed by atoms with Gasteiger partial charge in [0.05, 0.1) is 11.5 Å². The standard InChI is InChI=1S/C17H23N3/c1-17(2,13-18)9-6-10-20-12-14(11-19-3)15-7-4-5-8-16(15)20/h4-5,7-8,12,19H,6,9-11H2,1-3H3. The van der Waals surface area contributed by atoms with Crippen molar-refractivity contribution in [3.63, 3.8) is 0 Å². The quantitative estimate of drug-likeness (QED) is 0.869. The molecule has 0 radical (unpaired) electrons. The number of aryl methyl sites for hydroxylation is 1.